The van der Waals surface area contributed by atoms with Crippen molar-refractivity contribution in [3.8, 4) is 5.88 Å². The first-order valence-corrected chi connectivity index (χ1v) is 11.0. The highest BCUT2D eigenvalue weighted by Crippen LogP contribution is 2.21. The van der Waals surface area contributed by atoms with Crippen LogP contribution in [0.2, 0.25) is 0 Å². The molecule has 0 atom stereocenters. The summed E-state index contributed by atoms with van der Waals surface area (Å²) in [6, 6.07) is 11.8. The molecule has 0 unspecified atom stereocenters. The van der Waals surface area contributed by atoms with Gasteiger partial charge in [0, 0.05) is 19.2 Å². The fourth-order valence-corrected chi connectivity index (χ4v) is 4.08. The first-order chi connectivity index (χ1) is 16.2. The number of carbonyl (C=O) groups is 1. The Morgan fingerprint density at radius 3 is 2.79 bits per heavy atom. The highest BCUT2D eigenvalue weighted by atomic mass is 16.5. The van der Waals surface area contributed by atoms with Gasteiger partial charge in [0.2, 0.25) is 5.88 Å². The number of ether oxygens (including phenoxy) is 1. The van der Waals surface area contributed by atoms with E-state index in [2.05, 4.69) is 30.8 Å². The number of amides is 1. The fraction of sp³-hybridized carbons (Fsp3) is 0.348. The number of aromatic nitrogens is 6. The molecule has 33 heavy (non-hydrogen) atoms. The maximum atomic E-state index is 12.8. The minimum absolute atomic E-state index is 0.162. The lowest BCUT2D eigenvalue weighted by atomic mass is 10.1. The predicted molar refractivity (Wildman–Crippen MR) is 122 cm³/mol. The van der Waals surface area contributed by atoms with Gasteiger partial charge in [-0.25, -0.2) is 14.3 Å². The highest BCUT2D eigenvalue weighted by molar-refractivity contribution is 6.04. The third-order valence-corrected chi connectivity index (χ3v) is 5.84. The molecule has 1 fully saturated rings. The number of aryl methyl sites for hydroxylation is 1. The van der Waals surface area contributed by atoms with Crippen LogP contribution in [0.5, 0.6) is 5.88 Å². The van der Waals surface area contributed by atoms with Gasteiger partial charge in [0.05, 0.1) is 11.9 Å². The Labute approximate surface area is 191 Å². The van der Waals surface area contributed by atoms with E-state index in [0.717, 1.165) is 37.1 Å². The molecule has 4 aromatic rings. The number of benzene rings is 1. The fourth-order valence-electron chi connectivity index (χ4n) is 4.08. The van der Waals surface area contributed by atoms with Gasteiger partial charge in [-0.1, -0.05) is 24.3 Å². The normalized spacial score (nSPS) is 14.5. The number of nitrogens with one attached hydrogen (secondary N) is 2. The van der Waals surface area contributed by atoms with E-state index in [1.165, 1.54) is 6.33 Å². The lowest BCUT2D eigenvalue weighted by Crippen LogP contribution is -2.42. The molecule has 1 saturated heterocycles. The van der Waals surface area contributed by atoms with Crippen molar-refractivity contribution in [3.05, 3.63) is 65.9 Å². The summed E-state index contributed by atoms with van der Waals surface area (Å²) in [5.41, 5.74) is 3.14. The Hall–Kier alpha value is -3.79. The van der Waals surface area contributed by atoms with Crippen molar-refractivity contribution >= 4 is 16.9 Å². The highest BCUT2D eigenvalue weighted by Gasteiger charge is 2.21. The first-order valence-electron chi connectivity index (χ1n) is 11.0. The molecule has 5 rings (SSSR count). The van der Waals surface area contributed by atoms with Gasteiger partial charge in [-0.3, -0.25) is 4.79 Å². The van der Waals surface area contributed by atoms with Crippen LogP contribution in [0, 0.1) is 0 Å². The van der Waals surface area contributed by atoms with Crippen molar-refractivity contribution in [1.29, 1.82) is 0 Å². The van der Waals surface area contributed by atoms with E-state index in [4.69, 9.17) is 4.74 Å². The van der Waals surface area contributed by atoms with E-state index in [0.29, 0.717) is 35.8 Å². The molecular weight excluding hydrogens is 420 g/mol. The monoisotopic (exact) mass is 446 g/mol. The molecule has 0 aliphatic carbocycles. The minimum Gasteiger partial charge on any atom is -0.473 e. The largest absolute Gasteiger partial charge is 0.473 e. The number of nitrogens with zero attached hydrogens (tertiary/aromatic N) is 6. The van der Waals surface area contributed by atoms with Crippen molar-refractivity contribution in [3.63, 3.8) is 0 Å². The molecule has 1 aliphatic rings. The van der Waals surface area contributed by atoms with Gasteiger partial charge < -0.3 is 15.4 Å². The van der Waals surface area contributed by atoms with Crippen LogP contribution in [0.3, 0.4) is 0 Å². The number of hydrogen-bond acceptors (Lipinski definition) is 7. The third kappa shape index (κ3) is 4.70. The first kappa shape index (κ1) is 21.1. The van der Waals surface area contributed by atoms with Crippen molar-refractivity contribution in [2.75, 3.05) is 13.1 Å². The summed E-state index contributed by atoms with van der Waals surface area (Å²) in [7, 11) is 1.79. The SMILES string of the molecule is Cn1nc(C(=O)NC2CCNCC2)c2ccc(OCc3ccccc3Cn3cncn3)nc21. The molecule has 4 heterocycles. The van der Waals surface area contributed by atoms with Gasteiger partial charge in [-0.05, 0) is 43.1 Å². The Balaban J connectivity index is 1.30. The van der Waals surface area contributed by atoms with Gasteiger partial charge in [-0.2, -0.15) is 15.2 Å². The molecule has 10 nitrogen and oxygen atoms in total. The van der Waals surface area contributed by atoms with Gasteiger partial charge >= 0.3 is 0 Å². The zero-order chi connectivity index (χ0) is 22.6. The Morgan fingerprint density at radius 1 is 1.18 bits per heavy atom. The second kappa shape index (κ2) is 9.37. The molecule has 0 spiro atoms. The molecule has 2 N–H and O–H groups in total. The molecule has 170 valence electrons. The average Bonchev–Trinajstić information content (AvgIpc) is 3.47. The molecular formula is C23H26N8O2. The van der Waals surface area contributed by atoms with E-state index in [1.54, 1.807) is 28.8 Å². The van der Waals surface area contributed by atoms with Crippen LogP contribution < -0.4 is 15.4 Å². The molecule has 0 bridgehead atoms. The van der Waals surface area contributed by atoms with Crippen LogP contribution in [-0.2, 0) is 20.2 Å². The number of pyridine rings is 1. The lowest BCUT2D eigenvalue weighted by molar-refractivity contribution is 0.0925. The maximum Gasteiger partial charge on any atom is 0.272 e. The van der Waals surface area contributed by atoms with E-state index >= 15 is 0 Å². The predicted octanol–water partition coefficient (Wildman–Crippen LogP) is 1.67. The molecule has 1 aliphatic heterocycles. The molecule has 1 amide bonds. The number of carbonyl (C=O) groups excluding carboxylic acids is 1. The lowest BCUT2D eigenvalue weighted by Gasteiger charge is -2.23. The van der Waals surface area contributed by atoms with Gasteiger partial charge in [0.1, 0.15) is 19.3 Å². The van der Waals surface area contributed by atoms with Crippen molar-refractivity contribution < 1.29 is 9.53 Å². The summed E-state index contributed by atoms with van der Waals surface area (Å²) < 4.78 is 9.40. The average molecular weight is 447 g/mol. The Morgan fingerprint density at radius 2 is 2.00 bits per heavy atom. The van der Waals surface area contributed by atoms with Crippen molar-refractivity contribution in [1.82, 2.24) is 40.2 Å². The van der Waals surface area contributed by atoms with Crippen LogP contribution >= 0.6 is 0 Å². The molecule has 10 heteroatoms. The Kier molecular flexibility index (Phi) is 5.99. The summed E-state index contributed by atoms with van der Waals surface area (Å²) in [4.78, 5) is 21.4. The third-order valence-electron chi connectivity index (χ3n) is 5.84. The standard InChI is InChI=1S/C23H26N8O2/c1-30-22-19(21(29-30)23(32)27-18-8-10-24-11-9-18)6-7-20(28-22)33-13-17-5-3-2-4-16(17)12-31-15-25-14-26-31/h2-7,14-15,18,24H,8-13H2,1H3,(H,27,32). The van der Waals surface area contributed by atoms with E-state index in [-0.39, 0.29) is 11.9 Å². The molecule has 0 radical (unpaired) electrons. The zero-order valence-corrected chi connectivity index (χ0v) is 18.4. The minimum atomic E-state index is -0.162. The van der Waals surface area contributed by atoms with E-state index < -0.39 is 0 Å². The van der Waals surface area contributed by atoms with Gasteiger partial charge in [-0.15, -0.1) is 0 Å². The second-order valence-electron chi connectivity index (χ2n) is 8.14. The zero-order valence-electron chi connectivity index (χ0n) is 18.4. The smallest absolute Gasteiger partial charge is 0.272 e. The van der Waals surface area contributed by atoms with Crippen LogP contribution in [0.25, 0.3) is 11.0 Å². The quantitative estimate of drug-likeness (QED) is 0.444. The van der Waals surface area contributed by atoms with E-state index in [9.17, 15) is 4.79 Å². The summed E-state index contributed by atoms with van der Waals surface area (Å²) in [5, 5.41) is 15.7. The van der Waals surface area contributed by atoms with E-state index in [1.807, 2.05) is 30.3 Å². The number of piperidine rings is 1. The number of hydrogen-bond donors (Lipinski definition) is 2. The Bertz CT molecular complexity index is 1240. The van der Waals surface area contributed by atoms with Crippen LogP contribution in [-0.4, -0.2) is 54.6 Å². The summed E-state index contributed by atoms with van der Waals surface area (Å²) in [6.45, 7) is 2.81. The van der Waals surface area contributed by atoms with Crippen LogP contribution in [0.15, 0.2) is 49.1 Å². The van der Waals surface area contributed by atoms with Crippen LogP contribution in [0.1, 0.15) is 34.5 Å². The maximum absolute atomic E-state index is 12.8. The van der Waals surface area contributed by atoms with Crippen molar-refractivity contribution in [2.45, 2.75) is 32.0 Å². The topological polar surface area (TPSA) is 112 Å². The molecule has 3 aromatic heterocycles. The van der Waals surface area contributed by atoms with Crippen molar-refractivity contribution in [2.24, 2.45) is 7.05 Å². The molecule has 1 aromatic carbocycles. The number of fused-ring (bicyclic) bond motifs is 1. The summed E-state index contributed by atoms with van der Waals surface area (Å²) >= 11 is 0. The van der Waals surface area contributed by atoms with Gasteiger partial charge in [0.15, 0.2) is 11.3 Å². The summed E-state index contributed by atoms with van der Waals surface area (Å²) in [5.74, 6) is 0.316. The number of rotatable bonds is 7. The van der Waals surface area contributed by atoms with Crippen LogP contribution in [0.4, 0.5) is 0 Å². The second-order valence-corrected chi connectivity index (χ2v) is 8.14. The van der Waals surface area contributed by atoms with Gasteiger partial charge in [0.25, 0.3) is 5.91 Å². The summed E-state index contributed by atoms with van der Waals surface area (Å²) in [6.07, 6.45) is 5.05. The molecule has 0 saturated carbocycles.